The minimum atomic E-state index is -0.530. The minimum absolute atomic E-state index is 0.0447. The highest BCUT2D eigenvalue weighted by Crippen LogP contribution is 2.31. The van der Waals surface area contributed by atoms with Gasteiger partial charge in [0.05, 0.1) is 12.0 Å². The number of unbranched alkanes of at least 4 members (excludes halogenated alkanes) is 1. The zero-order chi connectivity index (χ0) is 23.1. The number of phenolic OH excluding ortho intramolecular Hbond substituents is 1. The molecular weight excluding hydrogens is 412 g/mol. The molecule has 3 aromatic rings. The Morgan fingerprint density at radius 2 is 1.88 bits per heavy atom. The van der Waals surface area contributed by atoms with Crippen LogP contribution in [-0.2, 0) is 4.74 Å². The monoisotopic (exact) mass is 440 g/mol. The molecule has 2 aromatic heterocycles. The molecule has 9 nitrogen and oxygen atoms in total. The molecule has 0 bridgehead atoms. The smallest absolute Gasteiger partial charge is 0.407 e. The lowest BCUT2D eigenvalue weighted by Crippen LogP contribution is -2.33. The maximum absolute atomic E-state index is 12.4. The zero-order valence-electron chi connectivity index (χ0n) is 18.4. The van der Waals surface area contributed by atoms with Crippen molar-refractivity contribution in [2.75, 3.05) is 13.1 Å². The molecule has 1 aromatic carbocycles. The highest BCUT2D eigenvalue weighted by molar-refractivity contribution is 5.95. The first-order chi connectivity index (χ1) is 15.2. The molecule has 0 aliphatic rings. The van der Waals surface area contributed by atoms with Gasteiger partial charge in [0.25, 0.3) is 5.91 Å². The van der Waals surface area contributed by atoms with Gasteiger partial charge in [-0.3, -0.25) is 9.89 Å². The average Bonchev–Trinajstić information content (AvgIpc) is 3.40. The molecule has 0 unspecified atom stereocenters. The highest BCUT2D eigenvalue weighted by atomic mass is 16.6. The Morgan fingerprint density at radius 3 is 2.53 bits per heavy atom. The Hall–Kier alpha value is -3.75. The van der Waals surface area contributed by atoms with E-state index in [0.29, 0.717) is 54.2 Å². The van der Waals surface area contributed by atoms with Gasteiger partial charge < -0.3 is 24.9 Å². The third-order valence-corrected chi connectivity index (χ3v) is 4.46. The normalized spacial score (nSPS) is 11.2. The van der Waals surface area contributed by atoms with Gasteiger partial charge in [-0.1, -0.05) is 0 Å². The van der Waals surface area contributed by atoms with E-state index in [9.17, 15) is 14.7 Å². The molecule has 0 saturated carbocycles. The summed E-state index contributed by atoms with van der Waals surface area (Å²) in [6.45, 7) is 6.32. The van der Waals surface area contributed by atoms with E-state index in [1.54, 1.807) is 57.4 Å². The van der Waals surface area contributed by atoms with Gasteiger partial charge in [0.1, 0.15) is 17.0 Å². The van der Waals surface area contributed by atoms with Gasteiger partial charge in [-0.25, -0.2) is 4.79 Å². The van der Waals surface area contributed by atoms with E-state index in [0.717, 1.165) is 0 Å². The van der Waals surface area contributed by atoms with Crippen LogP contribution < -0.4 is 10.6 Å². The number of aromatic nitrogens is 2. The Balaban J connectivity index is 1.46. The summed E-state index contributed by atoms with van der Waals surface area (Å²) in [4.78, 5) is 23.9. The molecule has 32 heavy (non-hydrogen) atoms. The Labute approximate surface area is 186 Å². The van der Waals surface area contributed by atoms with Crippen LogP contribution in [0.1, 0.15) is 44.0 Å². The maximum atomic E-state index is 12.4. The molecule has 0 aliphatic carbocycles. The van der Waals surface area contributed by atoms with Crippen molar-refractivity contribution < 1.29 is 23.8 Å². The van der Waals surface area contributed by atoms with Gasteiger partial charge in [-0.2, -0.15) is 5.10 Å². The number of nitrogens with zero attached hydrogens (tertiary/aromatic N) is 1. The topological polar surface area (TPSA) is 129 Å². The van der Waals surface area contributed by atoms with Crippen LogP contribution in [0, 0.1) is 0 Å². The van der Waals surface area contributed by atoms with Crippen LogP contribution in [0.15, 0.2) is 47.1 Å². The van der Waals surface area contributed by atoms with E-state index >= 15 is 0 Å². The molecule has 0 atom stereocenters. The van der Waals surface area contributed by atoms with Crippen LogP contribution in [0.3, 0.4) is 0 Å². The molecule has 0 radical (unpaired) electrons. The number of aromatic hydroxyl groups is 1. The summed E-state index contributed by atoms with van der Waals surface area (Å²) in [5.74, 6) is 0.308. The minimum Gasteiger partial charge on any atom is -0.507 e. The van der Waals surface area contributed by atoms with Crippen LogP contribution in [-0.4, -0.2) is 46.0 Å². The number of phenols is 1. The summed E-state index contributed by atoms with van der Waals surface area (Å²) in [7, 11) is 0. The number of nitrogens with one attached hydrogen (secondary N) is 3. The van der Waals surface area contributed by atoms with Gasteiger partial charge in [0.2, 0.25) is 0 Å². The molecule has 0 saturated heterocycles. The number of rotatable bonds is 8. The van der Waals surface area contributed by atoms with E-state index in [4.69, 9.17) is 9.15 Å². The third kappa shape index (κ3) is 6.37. The summed E-state index contributed by atoms with van der Waals surface area (Å²) in [6.07, 6.45) is 2.50. The van der Waals surface area contributed by atoms with Crippen LogP contribution in [0.4, 0.5) is 4.79 Å². The number of hydrogen-bond acceptors (Lipinski definition) is 6. The Kier molecular flexibility index (Phi) is 7.19. The van der Waals surface area contributed by atoms with Crippen LogP contribution >= 0.6 is 0 Å². The number of carbonyl (C=O) groups is 2. The molecule has 0 spiro atoms. The molecule has 170 valence electrons. The fourth-order valence-corrected chi connectivity index (χ4v) is 2.97. The van der Waals surface area contributed by atoms with Crippen LogP contribution in [0.5, 0.6) is 5.75 Å². The first-order valence-corrected chi connectivity index (χ1v) is 10.4. The third-order valence-electron chi connectivity index (χ3n) is 4.46. The number of benzene rings is 1. The van der Waals surface area contributed by atoms with Gasteiger partial charge in [0.15, 0.2) is 5.76 Å². The molecule has 0 aliphatic heterocycles. The van der Waals surface area contributed by atoms with E-state index in [-0.39, 0.29) is 11.7 Å². The summed E-state index contributed by atoms with van der Waals surface area (Å²) < 4.78 is 10.5. The second kappa shape index (κ2) is 10.0. The Morgan fingerprint density at radius 1 is 1.12 bits per heavy atom. The highest BCUT2D eigenvalue weighted by Gasteiger charge is 2.16. The Bertz CT molecular complexity index is 1050. The largest absolute Gasteiger partial charge is 0.507 e. The summed E-state index contributed by atoms with van der Waals surface area (Å²) >= 11 is 0. The van der Waals surface area contributed by atoms with Gasteiger partial charge >= 0.3 is 6.09 Å². The van der Waals surface area contributed by atoms with Crippen LogP contribution in [0.25, 0.3) is 22.7 Å². The average molecular weight is 441 g/mol. The van der Waals surface area contributed by atoms with Crippen molar-refractivity contribution in [2.24, 2.45) is 0 Å². The van der Waals surface area contributed by atoms with Crippen molar-refractivity contribution >= 4 is 12.0 Å². The summed E-state index contributed by atoms with van der Waals surface area (Å²) in [5, 5.41) is 23.0. The standard InChI is InChI=1S/C23H28N4O5/c1-23(2,3)32-22(30)25-11-5-4-10-24-21(29)15-8-9-16(19(28)13-15)17-14-18(27-26-17)20-7-6-12-31-20/h6-9,12-14,28H,4-5,10-11H2,1-3H3,(H,24,29)(H,25,30)(H,26,27). The molecule has 2 heterocycles. The fourth-order valence-electron chi connectivity index (χ4n) is 2.97. The van der Waals surface area contributed by atoms with Gasteiger partial charge in [-0.05, 0) is 70.0 Å². The van der Waals surface area contributed by atoms with E-state index in [1.165, 1.54) is 6.07 Å². The first-order valence-electron chi connectivity index (χ1n) is 10.4. The number of amides is 2. The fraction of sp³-hybridized carbons (Fsp3) is 0.348. The van der Waals surface area contributed by atoms with Crippen molar-refractivity contribution in [1.29, 1.82) is 0 Å². The predicted molar refractivity (Wildman–Crippen MR) is 119 cm³/mol. The second-order valence-corrected chi connectivity index (χ2v) is 8.27. The number of furan rings is 1. The molecule has 4 N–H and O–H groups in total. The SMILES string of the molecule is CC(C)(C)OC(=O)NCCCCNC(=O)c1ccc(-c2cc(-c3ccco3)[nH]n2)c(O)c1. The van der Waals surface area contributed by atoms with E-state index in [2.05, 4.69) is 20.8 Å². The van der Waals surface area contributed by atoms with E-state index in [1.807, 2.05) is 0 Å². The second-order valence-electron chi connectivity index (χ2n) is 8.27. The molecule has 2 amide bonds. The summed E-state index contributed by atoms with van der Waals surface area (Å²) in [6, 6.07) is 10.0. The van der Waals surface area contributed by atoms with Crippen molar-refractivity contribution in [3.05, 3.63) is 48.2 Å². The van der Waals surface area contributed by atoms with E-state index < -0.39 is 11.7 Å². The number of H-pyrrole nitrogens is 1. The van der Waals surface area contributed by atoms with Crippen LogP contribution in [0.2, 0.25) is 0 Å². The molecule has 9 heteroatoms. The quantitative estimate of drug-likeness (QED) is 0.391. The maximum Gasteiger partial charge on any atom is 0.407 e. The van der Waals surface area contributed by atoms with Crippen molar-refractivity contribution in [2.45, 2.75) is 39.2 Å². The van der Waals surface area contributed by atoms with Crippen molar-refractivity contribution in [1.82, 2.24) is 20.8 Å². The molecule has 0 fully saturated rings. The number of alkyl carbamates (subject to hydrolysis) is 1. The van der Waals surface area contributed by atoms with Gasteiger partial charge in [0, 0.05) is 24.2 Å². The zero-order valence-corrected chi connectivity index (χ0v) is 18.4. The van der Waals surface area contributed by atoms with Gasteiger partial charge in [-0.15, -0.1) is 0 Å². The molecule has 3 rings (SSSR count). The number of ether oxygens (including phenoxy) is 1. The number of aromatic amines is 1. The first kappa shape index (κ1) is 22.9. The number of carbonyl (C=O) groups excluding carboxylic acids is 2. The molecular formula is C23H28N4O5. The lowest BCUT2D eigenvalue weighted by Gasteiger charge is -2.19. The van der Waals surface area contributed by atoms with Crippen molar-refractivity contribution in [3.8, 4) is 28.5 Å². The lowest BCUT2D eigenvalue weighted by atomic mass is 10.1. The number of hydrogen-bond donors (Lipinski definition) is 4. The lowest BCUT2D eigenvalue weighted by molar-refractivity contribution is 0.0526. The van der Waals surface area contributed by atoms with Crippen molar-refractivity contribution in [3.63, 3.8) is 0 Å². The predicted octanol–water partition coefficient (Wildman–Crippen LogP) is 4.08. The summed E-state index contributed by atoms with van der Waals surface area (Å²) in [5.41, 5.74) is 1.55.